The molecule has 0 atom stereocenters. The summed E-state index contributed by atoms with van der Waals surface area (Å²) in [5.74, 6) is 0.620. The van der Waals surface area contributed by atoms with Crippen molar-refractivity contribution < 1.29 is 4.79 Å². The van der Waals surface area contributed by atoms with Crippen LogP contribution in [0, 0.1) is 0 Å². The van der Waals surface area contributed by atoms with Crippen LogP contribution in [0.5, 0.6) is 0 Å². The molecule has 0 unspecified atom stereocenters. The quantitative estimate of drug-likeness (QED) is 0.529. The zero-order valence-corrected chi connectivity index (χ0v) is 14.0. The maximum absolute atomic E-state index is 12.3. The van der Waals surface area contributed by atoms with Gasteiger partial charge in [-0.3, -0.25) is 4.79 Å². The van der Waals surface area contributed by atoms with E-state index in [2.05, 4.69) is 26.0 Å². The van der Waals surface area contributed by atoms with Gasteiger partial charge in [0.25, 0.3) is 0 Å². The van der Waals surface area contributed by atoms with Crippen LogP contribution in [-0.4, -0.2) is 5.78 Å². The number of carbonyl (C=O) groups is 1. The molecule has 0 aromatic heterocycles. The first-order valence-electron chi connectivity index (χ1n) is 7.96. The van der Waals surface area contributed by atoms with Gasteiger partial charge < -0.3 is 0 Å². The summed E-state index contributed by atoms with van der Waals surface area (Å²) in [5, 5.41) is 0. The molecule has 0 amide bonds. The van der Waals surface area contributed by atoms with Crippen LogP contribution in [0.25, 0.3) is 11.1 Å². The van der Waals surface area contributed by atoms with E-state index in [4.69, 9.17) is 0 Å². The largest absolute Gasteiger partial charge is 0.289 e. The molecular formula is C20H26O. The molecule has 0 bridgehead atoms. The SMILES string of the molecule is CC.CC.CC(C)c1ccc2c(c1)C(=O)c1ccccc1-2. The number of ketones is 1. The monoisotopic (exact) mass is 282 g/mol. The lowest BCUT2D eigenvalue weighted by atomic mass is 9.97. The van der Waals surface area contributed by atoms with Gasteiger partial charge in [0.2, 0.25) is 0 Å². The van der Waals surface area contributed by atoms with Gasteiger partial charge in [0.15, 0.2) is 5.78 Å². The zero-order valence-electron chi connectivity index (χ0n) is 14.0. The number of benzene rings is 2. The smallest absolute Gasteiger partial charge is 0.194 e. The number of hydrogen-bond donors (Lipinski definition) is 0. The first-order chi connectivity index (χ1) is 10.2. The van der Waals surface area contributed by atoms with E-state index in [0.29, 0.717) is 5.92 Å². The summed E-state index contributed by atoms with van der Waals surface area (Å²) in [7, 11) is 0. The van der Waals surface area contributed by atoms with Gasteiger partial charge in [0.05, 0.1) is 0 Å². The lowest BCUT2D eigenvalue weighted by molar-refractivity contribution is 0.104. The predicted octanol–water partition coefficient (Wildman–Crippen LogP) is 6.07. The number of hydrogen-bond acceptors (Lipinski definition) is 1. The molecular weight excluding hydrogens is 256 g/mol. The van der Waals surface area contributed by atoms with Crippen molar-refractivity contribution in [1.82, 2.24) is 0 Å². The van der Waals surface area contributed by atoms with Gasteiger partial charge in [-0.05, 0) is 28.7 Å². The zero-order chi connectivity index (χ0) is 16.0. The summed E-state index contributed by atoms with van der Waals surface area (Å²) in [6, 6.07) is 14.1. The normalized spacial score (nSPS) is 10.9. The standard InChI is InChI=1S/C16H14O.2C2H6/c1-10(2)11-7-8-13-12-5-3-4-6-14(12)16(17)15(13)9-11;2*1-2/h3-10H,1-2H3;2*1-2H3. The van der Waals surface area contributed by atoms with E-state index in [1.165, 1.54) is 5.56 Å². The van der Waals surface area contributed by atoms with Crippen LogP contribution in [0.2, 0.25) is 0 Å². The predicted molar refractivity (Wildman–Crippen MR) is 92.1 cm³/mol. The van der Waals surface area contributed by atoms with Gasteiger partial charge in [0, 0.05) is 11.1 Å². The molecule has 1 nitrogen and oxygen atoms in total. The number of carbonyl (C=O) groups excluding carboxylic acids is 1. The second-order valence-corrected chi connectivity index (χ2v) is 4.83. The third-order valence-corrected chi connectivity index (χ3v) is 3.42. The first kappa shape index (κ1) is 17.2. The van der Waals surface area contributed by atoms with Crippen molar-refractivity contribution in [3.63, 3.8) is 0 Å². The van der Waals surface area contributed by atoms with E-state index >= 15 is 0 Å². The third-order valence-electron chi connectivity index (χ3n) is 3.42. The number of rotatable bonds is 1. The van der Waals surface area contributed by atoms with Crippen molar-refractivity contribution in [3.8, 4) is 11.1 Å². The second kappa shape index (κ2) is 7.78. The molecule has 112 valence electrons. The highest BCUT2D eigenvalue weighted by Gasteiger charge is 2.26. The molecule has 0 saturated carbocycles. The number of fused-ring (bicyclic) bond motifs is 3. The molecule has 3 rings (SSSR count). The lowest BCUT2D eigenvalue weighted by Gasteiger charge is -2.07. The molecule has 0 radical (unpaired) electrons. The van der Waals surface area contributed by atoms with Crippen molar-refractivity contribution in [2.45, 2.75) is 47.5 Å². The first-order valence-corrected chi connectivity index (χ1v) is 7.96. The average molecular weight is 282 g/mol. The fraction of sp³-hybridized carbons (Fsp3) is 0.350. The Balaban J connectivity index is 0.000000510. The van der Waals surface area contributed by atoms with Crippen molar-refractivity contribution >= 4 is 5.78 Å². The Labute approximate surface area is 129 Å². The molecule has 0 fully saturated rings. The molecule has 1 aliphatic carbocycles. The Morgan fingerprint density at radius 2 is 1.24 bits per heavy atom. The maximum Gasteiger partial charge on any atom is 0.194 e. The van der Waals surface area contributed by atoms with E-state index in [-0.39, 0.29) is 5.78 Å². The fourth-order valence-corrected chi connectivity index (χ4v) is 2.40. The molecule has 0 heterocycles. The summed E-state index contributed by atoms with van der Waals surface area (Å²) in [5.41, 5.74) is 5.07. The minimum absolute atomic E-state index is 0.165. The van der Waals surface area contributed by atoms with E-state index in [1.807, 2.05) is 58.0 Å². The second-order valence-electron chi connectivity index (χ2n) is 4.83. The van der Waals surface area contributed by atoms with Crippen LogP contribution in [0.3, 0.4) is 0 Å². The van der Waals surface area contributed by atoms with Gasteiger partial charge in [-0.25, -0.2) is 0 Å². The van der Waals surface area contributed by atoms with E-state index < -0.39 is 0 Å². The fourth-order valence-electron chi connectivity index (χ4n) is 2.40. The highest BCUT2D eigenvalue weighted by atomic mass is 16.1. The van der Waals surface area contributed by atoms with Gasteiger partial charge in [-0.1, -0.05) is 77.9 Å². The Hall–Kier alpha value is -1.89. The molecule has 1 heteroatoms. The Bertz CT molecular complexity index is 609. The molecule has 0 spiro atoms. The molecule has 0 aliphatic heterocycles. The van der Waals surface area contributed by atoms with Crippen LogP contribution in [0.1, 0.15) is 68.9 Å². The summed E-state index contributed by atoms with van der Waals surface area (Å²) in [4.78, 5) is 12.3. The van der Waals surface area contributed by atoms with Crippen LogP contribution in [0.15, 0.2) is 42.5 Å². The Morgan fingerprint density at radius 1 is 0.714 bits per heavy atom. The van der Waals surface area contributed by atoms with E-state index in [0.717, 1.165) is 22.3 Å². The molecule has 0 saturated heterocycles. The van der Waals surface area contributed by atoms with Crippen molar-refractivity contribution in [3.05, 3.63) is 59.2 Å². The third kappa shape index (κ3) is 3.24. The molecule has 1 aliphatic rings. The minimum atomic E-state index is 0.165. The summed E-state index contributed by atoms with van der Waals surface area (Å²) < 4.78 is 0. The van der Waals surface area contributed by atoms with Crippen molar-refractivity contribution in [1.29, 1.82) is 0 Å². The highest BCUT2D eigenvalue weighted by Crippen LogP contribution is 2.37. The van der Waals surface area contributed by atoms with Crippen molar-refractivity contribution in [2.24, 2.45) is 0 Å². The van der Waals surface area contributed by atoms with Gasteiger partial charge >= 0.3 is 0 Å². The Morgan fingerprint density at radius 3 is 1.81 bits per heavy atom. The molecule has 21 heavy (non-hydrogen) atoms. The lowest BCUT2D eigenvalue weighted by Crippen LogP contribution is -1.96. The summed E-state index contributed by atoms with van der Waals surface area (Å²) in [6.45, 7) is 12.3. The average Bonchev–Trinajstić information content (AvgIpc) is 2.84. The maximum atomic E-state index is 12.3. The van der Waals surface area contributed by atoms with Gasteiger partial charge in [0.1, 0.15) is 0 Å². The topological polar surface area (TPSA) is 17.1 Å². The summed E-state index contributed by atoms with van der Waals surface area (Å²) in [6.07, 6.45) is 0. The van der Waals surface area contributed by atoms with Crippen LogP contribution < -0.4 is 0 Å². The van der Waals surface area contributed by atoms with Crippen molar-refractivity contribution in [2.75, 3.05) is 0 Å². The van der Waals surface area contributed by atoms with Crippen LogP contribution in [-0.2, 0) is 0 Å². The molecule has 0 N–H and O–H groups in total. The molecule has 2 aromatic carbocycles. The minimum Gasteiger partial charge on any atom is -0.289 e. The highest BCUT2D eigenvalue weighted by molar-refractivity contribution is 6.21. The van der Waals surface area contributed by atoms with Crippen LogP contribution >= 0.6 is 0 Å². The Kier molecular flexibility index (Phi) is 6.36. The summed E-state index contributed by atoms with van der Waals surface area (Å²) >= 11 is 0. The van der Waals surface area contributed by atoms with Gasteiger partial charge in [-0.15, -0.1) is 0 Å². The van der Waals surface area contributed by atoms with E-state index in [9.17, 15) is 4.79 Å². The van der Waals surface area contributed by atoms with Gasteiger partial charge in [-0.2, -0.15) is 0 Å². The molecule has 2 aromatic rings. The van der Waals surface area contributed by atoms with E-state index in [1.54, 1.807) is 0 Å². The van der Waals surface area contributed by atoms with Crippen LogP contribution in [0.4, 0.5) is 0 Å².